The van der Waals surface area contributed by atoms with Crippen LogP contribution >= 0.6 is 0 Å². The molecule has 2 aliphatic heterocycles. The molecule has 1 aromatic carbocycles. The van der Waals surface area contributed by atoms with E-state index in [9.17, 15) is 9.59 Å². The molecule has 0 aliphatic carbocycles. The Morgan fingerprint density at radius 1 is 0.864 bits per heavy atom. The number of hydrogen-bond acceptors (Lipinski definition) is 4. The second-order valence-corrected chi connectivity index (χ2v) is 5.82. The van der Waals surface area contributed by atoms with E-state index in [-0.39, 0.29) is 23.9 Å². The van der Waals surface area contributed by atoms with E-state index in [4.69, 9.17) is 0 Å². The summed E-state index contributed by atoms with van der Waals surface area (Å²) >= 11 is 0. The van der Waals surface area contributed by atoms with Gasteiger partial charge in [0.25, 0.3) is 0 Å². The summed E-state index contributed by atoms with van der Waals surface area (Å²) in [5.41, 5.74) is 1.29. The van der Waals surface area contributed by atoms with Crippen molar-refractivity contribution in [3.8, 4) is 0 Å². The third kappa shape index (κ3) is 3.45. The molecule has 22 heavy (non-hydrogen) atoms. The van der Waals surface area contributed by atoms with Crippen LogP contribution in [-0.4, -0.2) is 37.0 Å². The molecule has 2 aliphatic rings. The highest BCUT2D eigenvalue weighted by atomic mass is 16.2. The lowest BCUT2D eigenvalue weighted by molar-refractivity contribution is -0.118. The smallest absolute Gasteiger partial charge is 0.241 e. The molecule has 0 aromatic heterocycles. The molecule has 2 fully saturated rings. The zero-order valence-electron chi connectivity index (χ0n) is 12.5. The summed E-state index contributed by atoms with van der Waals surface area (Å²) in [6.07, 6.45) is 3.74. The van der Waals surface area contributed by atoms with Crippen LogP contribution < -0.4 is 21.3 Å². The minimum atomic E-state index is -0.139. The van der Waals surface area contributed by atoms with Gasteiger partial charge in [0.2, 0.25) is 11.8 Å². The number of anilines is 2. The fraction of sp³-hybridized carbons (Fsp3) is 0.500. The minimum Gasteiger partial charge on any atom is -0.323 e. The highest BCUT2D eigenvalue weighted by Crippen LogP contribution is 2.22. The number of rotatable bonds is 4. The standard InChI is InChI=1S/C16H22N4O2/c21-15(13-7-3-9-17-13)19-11-5-1-2-6-12(11)20-16(22)14-8-4-10-18-14/h1-2,5-6,13-14,17-18H,3-4,7-10H2,(H,19,21)(H,20,22)/t13-,14-/m1/s1. The number of nitrogens with one attached hydrogen (secondary N) is 4. The highest BCUT2D eigenvalue weighted by molar-refractivity contribution is 6.02. The largest absolute Gasteiger partial charge is 0.323 e. The second-order valence-electron chi connectivity index (χ2n) is 5.82. The van der Waals surface area contributed by atoms with Gasteiger partial charge in [0.05, 0.1) is 23.5 Å². The van der Waals surface area contributed by atoms with Crippen molar-refractivity contribution in [1.82, 2.24) is 10.6 Å². The number of para-hydroxylation sites is 2. The molecule has 2 saturated heterocycles. The Kier molecular flexibility index (Phi) is 4.70. The molecule has 0 unspecified atom stereocenters. The molecular weight excluding hydrogens is 280 g/mol. The first-order valence-corrected chi connectivity index (χ1v) is 7.91. The fourth-order valence-corrected chi connectivity index (χ4v) is 2.96. The van der Waals surface area contributed by atoms with Crippen LogP contribution in [0.15, 0.2) is 24.3 Å². The number of amides is 2. The first-order valence-electron chi connectivity index (χ1n) is 7.91. The maximum absolute atomic E-state index is 12.2. The molecule has 0 radical (unpaired) electrons. The molecule has 1 aromatic rings. The molecule has 2 amide bonds. The van der Waals surface area contributed by atoms with Crippen molar-refractivity contribution < 1.29 is 9.59 Å². The van der Waals surface area contributed by atoms with Gasteiger partial charge >= 0.3 is 0 Å². The van der Waals surface area contributed by atoms with Crippen LogP contribution in [0, 0.1) is 0 Å². The van der Waals surface area contributed by atoms with Gasteiger partial charge in [-0.2, -0.15) is 0 Å². The van der Waals surface area contributed by atoms with E-state index in [1.54, 1.807) is 0 Å². The first-order chi connectivity index (χ1) is 10.7. The molecule has 0 saturated carbocycles. The van der Waals surface area contributed by atoms with Crippen LogP contribution in [0.3, 0.4) is 0 Å². The zero-order valence-corrected chi connectivity index (χ0v) is 12.5. The zero-order chi connectivity index (χ0) is 15.4. The summed E-state index contributed by atoms with van der Waals surface area (Å²) in [7, 11) is 0. The van der Waals surface area contributed by atoms with Gasteiger partial charge in [-0.1, -0.05) is 12.1 Å². The summed E-state index contributed by atoms with van der Waals surface area (Å²) in [5, 5.41) is 12.2. The van der Waals surface area contributed by atoms with Gasteiger partial charge in [-0.15, -0.1) is 0 Å². The Morgan fingerprint density at radius 3 is 1.68 bits per heavy atom. The van der Waals surface area contributed by atoms with E-state index in [1.165, 1.54) is 0 Å². The van der Waals surface area contributed by atoms with Crippen molar-refractivity contribution in [2.24, 2.45) is 0 Å². The molecule has 3 rings (SSSR count). The molecule has 4 N–H and O–H groups in total. The van der Waals surface area contributed by atoms with Gasteiger partial charge in [0.15, 0.2) is 0 Å². The van der Waals surface area contributed by atoms with E-state index in [0.717, 1.165) is 38.8 Å². The molecule has 2 atom stereocenters. The van der Waals surface area contributed by atoms with Gasteiger partial charge in [-0.3, -0.25) is 9.59 Å². The van der Waals surface area contributed by atoms with Gasteiger partial charge in [-0.05, 0) is 50.9 Å². The molecule has 2 heterocycles. The monoisotopic (exact) mass is 302 g/mol. The van der Waals surface area contributed by atoms with Crippen molar-refractivity contribution in [1.29, 1.82) is 0 Å². The lowest BCUT2D eigenvalue weighted by atomic mass is 10.2. The second kappa shape index (κ2) is 6.89. The van der Waals surface area contributed by atoms with Gasteiger partial charge in [-0.25, -0.2) is 0 Å². The van der Waals surface area contributed by atoms with Crippen molar-refractivity contribution in [3.05, 3.63) is 24.3 Å². The topological polar surface area (TPSA) is 82.3 Å². The van der Waals surface area contributed by atoms with E-state index in [0.29, 0.717) is 11.4 Å². The maximum atomic E-state index is 12.2. The van der Waals surface area contributed by atoms with Crippen LogP contribution in [0.5, 0.6) is 0 Å². The van der Waals surface area contributed by atoms with Crippen LogP contribution in [0.25, 0.3) is 0 Å². The normalized spacial score (nSPS) is 24.2. The molecular formula is C16H22N4O2. The Hall–Kier alpha value is -1.92. The third-order valence-electron chi connectivity index (χ3n) is 4.20. The van der Waals surface area contributed by atoms with Crippen molar-refractivity contribution in [2.45, 2.75) is 37.8 Å². The quantitative estimate of drug-likeness (QED) is 0.670. The number of benzene rings is 1. The Bertz CT molecular complexity index is 500. The number of hydrogen-bond donors (Lipinski definition) is 4. The van der Waals surface area contributed by atoms with E-state index in [1.807, 2.05) is 24.3 Å². The molecule has 0 spiro atoms. The van der Waals surface area contributed by atoms with E-state index in [2.05, 4.69) is 21.3 Å². The molecule has 6 nitrogen and oxygen atoms in total. The van der Waals surface area contributed by atoms with Crippen molar-refractivity contribution in [2.75, 3.05) is 23.7 Å². The summed E-state index contributed by atoms with van der Waals surface area (Å²) in [6.45, 7) is 1.76. The third-order valence-corrected chi connectivity index (χ3v) is 4.20. The molecule has 0 bridgehead atoms. The van der Waals surface area contributed by atoms with Gasteiger partial charge < -0.3 is 21.3 Å². The highest BCUT2D eigenvalue weighted by Gasteiger charge is 2.24. The summed E-state index contributed by atoms with van der Waals surface area (Å²) < 4.78 is 0. The Morgan fingerprint density at radius 2 is 1.32 bits per heavy atom. The Balaban J connectivity index is 1.66. The van der Waals surface area contributed by atoms with Gasteiger partial charge in [0, 0.05) is 0 Å². The molecule has 118 valence electrons. The SMILES string of the molecule is O=C(Nc1ccccc1NC(=O)[C@H]1CCCN1)[C@H]1CCCN1. The summed E-state index contributed by atoms with van der Waals surface area (Å²) in [4.78, 5) is 24.4. The van der Waals surface area contributed by atoms with Crippen LogP contribution in [0.2, 0.25) is 0 Å². The molecule has 6 heteroatoms. The van der Waals surface area contributed by atoms with Crippen molar-refractivity contribution >= 4 is 23.2 Å². The average Bonchev–Trinajstić information content (AvgIpc) is 3.23. The lowest BCUT2D eigenvalue weighted by Gasteiger charge is -2.16. The van der Waals surface area contributed by atoms with Crippen LogP contribution in [-0.2, 0) is 9.59 Å². The van der Waals surface area contributed by atoms with Crippen LogP contribution in [0.1, 0.15) is 25.7 Å². The van der Waals surface area contributed by atoms with Gasteiger partial charge in [0.1, 0.15) is 0 Å². The fourth-order valence-electron chi connectivity index (χ4n) is 2.96. The average molecular weight is 302 g/mol. The van der Waals surface area contributed by atoms with E-state index >= 15 is 0 Å². The van der Waals surface area contributed by atoms with Crippen LogP contribution in [0.4, 0.5) is 11.4 Å². The first kappa shape index (κ1) is 15.0. The number of carbonyl (C=O) groups excluding carboxylic acids is 2. The lowest BCUT2D eigenvalue weighted by Crippen LogP contribution is -2.37. The summed E-state index contributed by atoms with van der Waals surface area (Å²) in [6, 6.07) is 7.04. The van der Waals surface area contributed by atoms with Crippen molar-refractivity contribution in [3.63, 3.8) is 0 Å². The minimum absolute atomic E-state index is 0.0433. The predicted octanol–water partition coefficient (Wildman–Crippen LogP) is 1.07. The Labute approximate surface area is 130 Å². The number of carbonyl (C=O) groups is 2. The maximum Gasteiger partial charge on any atom is 0.241 e. The van der Waals surface area contributed by atoms with E-state index < -0.39 is 0 Å². The summed E-state index contributed by atoms with van der Waals surface area (Å²) in [5.74, 6) is -0.0867. The predicted molar refractivity (Wildman–Crippen MR) is 85.8 cm³/mol.